The summed E-state index contributed by atoms with van der Waals surface area (Å²) in [5.41, 5.74) is 2.47. The number of methoxy groups -OCH3 is 3. The highest BCUT2D eigenvalue weighted by Crippen LogP contribution is 2.38. The summed E-state index contributed by atoms with van der Waals surface area (Å²) in [6.45, 7) is 3.74. The molecule has 0 aliphatic heterocycles. The van der Waals surface area contributed by atoms with Crippen LogP contribution in [0.25, 0.3) is 0 Å². The molecule has 0 heterocycles. The molecule has 0 N–H and O–H groups in total. The first kappa shape index (κ1) is 20.1. The van der Waals surface area contributed by atoms with Crippen molar-refractivity contribution in [1.82, 2.24) is 9.80 Å². The van der Waals surface area contributed by atoms with Gasteiger partial charge in [-0.1, -0.05) is 30.3 Å². The van der Waals surface area contributed by atoms with Crippen molar-refractivity contribution in [3.8, 4) is 17.2 Å². The van der Waals surface area contributed by atoms with E-state index in [9.17, 15) is 0 Å². The normalized spacial score (nSPS) is 11.0. The average Bonchev–Trinajstić information content (AvgIpc) is 2.66. The maximum absolute atomic E-state index is 5.43. The molecule has 0 saturated heterocycles. The summed E-state index contributed by atoms with van der Waals surface area (Å²) < 4.78 is 16.3. The molecule has 0 aliphatic rings. The third kappa shape index (κ3) is 5.64. The van der Waals surface area contributed by atoms with Gasteiger partial charge in [0.2, 0.25) is 5.75 Å². The van der Waals surface area contributed by atoms with Gasteiger partial charge in [0.25, 0.3) is 0 Å². The van der Waals surface area contributed by atoms with Crippen molar-refractivity contribution in [1.29, 1.82) is 0 Å². The zero-order chi connectivity index (χ0) is 18.9. The van der Waals surface area contributed by atoms with Crippen LogP contribution in [0, 0.1) is 0 Å². The molecule has 0 aliphatic carbocycles. The summed E-state index contributed by atoms with van der Waals surface area (Å²) in [7, 11) is 9.18. The summed E-state index contributed by atoms with van der Waals surface area (Å²) in [5, 5.41) is 0. The number of benzene rings is 2. The van der Waals surface area contributed by atoms with Gasteiger partial charge in [-0.25, -0.2) is 0 Å². The minimum Gasteiger partial charge on any atom is -0.493 e. The van der Waals surface area contributed by atoms with Crippen molar-refractivity contribution in [2.45, 2.75) is 13.1 Å². The fourth-order valence-electron chi connectivity index (χ4n) is 2.93. The van der Waals surface area contributed by atoms with Crippen LogP contribution in [0.2, 0.25) is 0 Å². The topological polar surface area (TPSA) is 34.2 Å². The van der Waals surface area contributed by atoms with Gasteiger partial charge in [-0.3, -0.25) is 0 Å². The summed E-state index contributed by atoms with van der Waals surface area (Å²) >= 11 is 0. The van der Waals surface area contributed by atoms with Crippen LogP contribution >= 0.6 is 0 Å². The Labute approximate surface area is 157 Å². The molecule has 2 aromatic carbocycles. The minimum absolute atomic E-state index is 0.629. The van der Waals surface area contributed by atoms with E-state index in [1.807, 2.05) is 12.1 Å². The largest absolute Gasteiger partial charge is 0.493 e. The Morgan fingerprint density at radius 2 is 1.19 bits per heavy atom. The number of likely N-dealkylation sites (N-methyl/N-ethyl adjacent to an activating group) is 2. The zero-order valence-corrected chi connectivity index (χ0v) is 16.5. The maximum atomic E-state index is 5.43. The second-order valence-corrected chi connectivity index (χ2v) is 6.49. The van der Waals surface area contributed by atoms with Gasteiger partial charge in [-0.2, -0.15) is 0 Å². The first-order valence-corrected chi connectivity index (χ1v) is 8.77. The lowest BCUT2D eigenvalue weighted by atomic mass is 10.1. The third-order valence-electron chi connectivity index (χ3n) is 4.34. The molecule has 0 amide bonds. The van der Waals surface area contributed by atoms with E-state index in [2.05, 4.69) is 54.2 Å². The van der Waals surface area contributed by atoms with Gasteiger partial charge in [0.1, 0.15) is 0 Å². The Morgan fingerprint density at radius 3 is 1.65 bits per heavy atom. The highest BCUT2D eigenvalue weighted by Gasteiger charge is 2.14. The van der Waals surface area contributed by atoms with E-state index in [0.717, 1.165) is 31.7 Å². The van der Waals surface area contributed by atoms with Gasteiger partial charge in [0, 0.05) is 26.2 Å². The molecule has 5 nitrogen and oxygen atoms in total. The number of hydrogen-bond acceptors (Lipinski definition) is 5. The number of nitrogens with zero attached hydrogens (tertiary/aromatic N) is 2. The SMILES string of the molecule is COc1cc(CN(C)CCN(C)Cc2ccccc2)cc(OC)c1OC. The summed E-state index contributed by atoms with van der Waals surface area (Å²) in [6, 6.07) is 14.6. The molecule has 0 atom stereocenters. The van der Waals surface area contributed by atoms with Crippen molar-refractivity contribution in [2.75, 3.05) is 48.5 Å². The Hall–Kier alpha value is -2.24. The molecule has 2 aromatic rings. The van der Waals surface area contributed by atoms with E-state index in [1.165, 1.54) is 5.56 Å². The van der Waals surface area contributed by atoms with Crippen LogP contribution < -0.4 is 14.2 Å². The van der Waals surface area contributed by atoms with Crippen LogP contribution in [-0.4, -0.2) is 58.3 Å². The molecule has 0 aromatic heterocycles. The predicted octanol–water partition coefficient (Wildman–Crippen LogP) is 3.28. The van der Waals surface area contributed by atoms with Gasteiger partial charge < -0.3 is 24.0 Å². The Balaban J connectivity index is 1.91. The molecule has 0 unspecified atom stereocenters. The molecule has 0 bridgehead atoms. The van der Waals surface area contributed by atoms with Crippen molar-refractivity contribution < 1.29 is 14.2 Å². The van der Waals surface area contributed by atoms with E-state index >= 15 is 0 Å². The molecule has 0 spiro atoms. The highest BCUT2D eigenvalue weighted by molar-refractivity contribution is 5.53. The molecule has 0 fully saturated rings. The quantitative estimate of drug-likeness (QED) is 0.651. The van der Waals surface area contributed by atoms with Crippen molar-refractivity contribution in [3.63, 3.8) is 0 Å². The van der Waals surface area contributed by atoms with Crippen molar-refractivity contribution >= 4 is 0 Å². The van der Waals surface area contributed by atoms with Crippen LogP contribution in [0.5, 0.6) is 17.2 Å². The van der Waals surface area contributed by atoms with E-state index < -0.39 is 0 Å². The maximum Gasteiger partial charge on any atom is 0.203 e. The molecule has 2 rings (SSSR count). The van der Waals surface area contributed by atoms with E-state index in [0.29, 0.717) is 17.2 Å². The van der Waals surface area contributed by atoms with Gasteiger partial charge in [0.15, 0.2) is 11.5 Å². The summed E-state index contributed by atoms with van der Waals surface area (Å²) in [4.78, 5) is 4.63. The highest BCUT2D eigenvalue weighted by atomic mass is 16.5. The van der Waals surface area contributed by atoms with E-state index in [-0.39, 0.29) is 0 Å². The number of rotatable bonds is 10. The van der Waals surface area contributed by atoms with Gasteiger partial charge in [-0.05, 0) is 37.4 Å². The standard InChI is InChI=1S/C21H30N2O3/c1-22(15-17-9-7-6-8-10-17)11-12-23(2)16-18-13-19(24-3)21(26-5)20(14-18)25-4/h6-10,13-14H,11-12,15-16H2,1-5H3. The molecular formula is C21H30N2O3. The van der Waals surface area contributed by atoms with Crippen LogP contribution in [0.3, 0.4) is 0 Å². The minimum atomic E-state index is 0.629. The molecular weight excluding hydrogens is 328 g/mol. The number of hydrogen-bond donors (Lipinski definition) is 0. The van der Waals surface area contributed by atoms with Crippen LogP contribution in [0.15, 0.2) is 42.5 Å². The summed E-state index contributed by atoms with van der Waals surface area (Å²) in [5.74, 6) is 2.01. The predicted molar refractivity (Wildman–Crippen MR) is 105 cm³/mol. The average molecular weight is 358 g/mol. The van der Waals surface area contributed by atoms with Crippen LogP contribution in [0.1, 0.15) is 11.1 Å². The fourth-order valence-corrected chi connectivity index (χ4v) is 2.93. The lowest BCUT2D eigenvalue weighted by Crippen LogP contribution is -2.30. The van der Waals surface area contributed by atoms with Crippen LogP contribution in [0.4, 0.5) is 0 Å². The second-order valence-electron chi connectivity index (χ2n) is 6.49. The van der Waals surface area contributed by atoms with Gasteiger partial charge in [-0.15, -0.1) is 0 Å². The molecule has 0 saturated carbocycles. The number of ether oxygens (including phenoxy) is 3. The third-order valence-corrected chi connectivity index (χ3v) is 4.34. The van der Waals surface area contributed by atoms with E-state index in [1.54, 1.807) is 21.3 Å². The monoisotopic (exact) mass is 358 g/mol. The smallest absolute Gasteiger partial charge is 0.203 e. The van der Waals surface area contributed by atoms with E-state index in [4.69, 9.17) is 14.2 Å². The van der Waals surface area contributed by atoms with Gasteiger partial charge in [0.05, 0.1) is 21.3 Å². The lowest BCUT2D eigenvalue weighted by molar-refractivity contribution is 0.246. The second kappa shape index (κ2) is 10.0. The van der Waals surface area contributed by atoms with Crippen molar-refractivity contribution in [2.24, 2.45) is 0 Å². The first-order valence-electron chi connectivity index (χ1n) is 8.77. The Bertz CT molecular complexity index is 651. The molecule has 5 heteroatoms. The summed E-state index contributed by atoms with van der Waals surface area (Å²) in [6.07, 6.45) is 0. The molecule has 0 radical (unpaired) electrons. The Kier molecular flexibility index (Phi) is 7.75. The first-order chi connectivity index (χ1) is 12.6. The van der Waals surface area contributed by atoms with Crippen molar-refractivity contribution in [3.05, 3.63) is 53.6 Å². The van der Waals surface area contributed by atoms with Gasteiger partial charge >= 0.3 is 0 Å². The lowest BCUT2D eigenvalue weighted by Gasteiger charge is -2.23. The molecule has 26 heavy (non-hydrogen) atoms. The molecule has 142 valence electrons. The Morgan fingerprint density at radius 1 is 0.692 bits per heavy atom. The fraction of sp³-hybridized carbons (Fsp3) is 0.429. The zero-order valence-electron chi connectivity index (χ0n) is 16.5. The van der Waals surface area contributed by atoms with Crippen LogP contribution in [-0.2, 0) is 13.1 Å².